The molecule has 0 saturated carbocycles. The van der Waals surface area contributed by atoms with Gasteiger partial charge >= 0.3 is 8.56 Å². The van der Waals surface area contributed by atoms with Crippen LogP contribution in [0.25, 0.3) is 0 Å². The summed E-state index contributed by atoms with van der Waals surface area (Å²) in [5.74, 6) is 0. The highest BCUT2D eigenvalue weighted by atomic mass is 28.4. The third-order valence-corrected chi connectivity index (χ3v) is 12.6. The molecule has 0 aliphatic rings. The van der Waals surface area contributed by atoms with Crippen LogP contribution in [0.2, 0.25) is 19.6 Å². The average molecular weight is 310 g/mol. The molecule has 0 aliphatic carbocycles. The second-order valence-electron chi connectivity index (χ2n) is 6.05. The van der Waals surface area contributed by atoms with Gasteiger partial charge in [-0.3, -0.25) is 0 Å². The van der Waals surface area contributed by atoms with E-state index >= 15 is 0 Å². The summed E-state index contributed by atoms with van der Waals surface area (Å²) in [4.78, 5) is 7.72. The molecule has 3 nitrogen and oxygen atoms in total. The third kappa shape index (κ3) is 3.80. The summed E-state index contributed by atoms with van der Waals surface area (Å²) in [5, 5.41) is 1.44. The lowest BCUT2D eigenvalue weighted by atomic mass is 10.4. The Bertz CT molecular complexity index is 384. The topological polar surface area (TPSA) is 27.3 Å². The highest BCUT2D eigenvalue weighted by molar-refractivity contribution is 6.95. The Labute approximate surface area is 127 Å². The summed E-state index contributed by atoms with van der Waals surface area (Å²) < 4.78 is 2.77. The Morgan fingerprint density at radius 2 is 1.40 bits per heavy atom. The zero-order valence-electron chi connectivity index (χ0n) is 14.0. The second kappa shape index (κ2) is 7.52. The minimum atomic E-state index is -2.04. The van der Waals surface area contributed by atoms with Gasteiger partial charge in [-0.15, -0.1) is 0 Å². The molecule has 0 spiro atoms. The van der Waals surface area contributed by atoms with E-state index in [0.29, 0.717) is 0 Å². The summed E-state index contributed by atoms with van der Waals surface area (Å²) in [5.41, 5.74) is 0. The van der Waals surface area contributed by atoms with Crippen LogP contribution in [0.15, 0.2) is 30.3 Å². The van der Waals surface area contributed by atoms with Crippen LogP contribution in [0.5, 0.6) is 0 Å². The Balaban J connectivity index is 3.37. The van der Waals surface area contributed by atoms with E-state index < -0.39 is 16.8 Å². The minimum Gasteiger partial charge on any atom is -0.318 e. The number of hydrogen-bond acceptors (Lipinski definition) is 3. The second-order valence-corrected chi connectivity index (χ2v) is 14.6. The largest absolute Gasteiger partial charge is 0.318 e. The summed E-state index contributed by atoms with van der Waals surface area (Å²) in [6, 6.07) is 11.0. The van der Waals surface area contributed by atoms with Crippen molar-refractivity contribution in [3.63, 3.8) is 0 Å². The number of nitrogens with one attached hydrogen (secondary N) is 2. The van der Waals surface area contributed by atoms with E-state index in [0.717, 1.165) is 19.6 Å². The Hall–Kier alpha value is -0.466. The van der Waals surface area contributed by atoms with Crippen molar-refractivity contribution in [2.45, 2.75) is 40.4 Å². The van der Waals surface area contributed by atoms with Crippen molar-refractivity contribution in [1.82, 2.24) is 14.2 Å². The number of nitrogens with zero attached hydrogens (tertiary/aromatic N) is 1. The summed E-state index contributed by atoms with van der Waals surface area (Å²) in [6.45, 7) is 17.1. The van der Waals surface area contributed by atoms with Crippen LogP contribution in [-0.4, -0.2) is 40.7 Å². The Kier molecular flexibility index (Phi) is 6.61. The number of benzene rings is 1. The lowest BCUT2D eigenvalue weighted by Gasteiger charge is -2.48. The van der Waals surface area contributed by atoms with Crippen molar-refractivity contribution >= 4 is 22.0 Å². The molecule has 2 N–H and O–H groups in total. The fraction of sp³-hybridized carbons (Fsp3) is 0.600. The molecule has 0 unspecified atom stereocenters. The van der Waals surface area contributed by atoms with E-state index in [1.54, 1.807) is 0 Å². The van der Waals surface area contributed by atoms with Crippen LogP contribution in [0, 0.1) is 0 Å². The van der Waals surface area contributed by atoms with E-state index in [1.165, 1.54) is 5.19 Å². The monoisotopic (exact) mass is 309 g/mol. The average Bonchev–Trinajstić information content (AvgIpc) is 2.39. The maximum atomic E-state index is 3.86. The fourth-order valence-corrected chi connectivity index (χ4v) is 12.3. The summed E-state index contributed by atoms with van der Waals surface area (Å²) in [7, 11) is -3.45. The molecule has 0 radical (unpaired) electrons. The van der Waals surface area contributed by atoms with Gasteiger partial charge in [0.2, 0.25) is 0 Å². The SMILES string of the molecule is CCN[Si](NCC)(c1ccccc1)N(CC)[Si](C)(C)C. The molecule has 0 fully saturated rings. The molecule has 0 saturated heterocycles. The maximum absolute atomic E-state index is 3.86. The third-order valence-electron chi connectivity index (χ3n) is 3.59. The van der Waals surface area contributed by atoms with Gasteiger partial charge in [-0.05, 0) is 24.8 Å². The molecule has 0 heterocycles. The standard InChI is InChI=1S/C15H31N3Si2/c1-7-16-20(17-8-2,15-13-11-10-12-14-15)18(9-3)19(4,5)6/h10-14,16-17H,7-9H2,1-6H3. The van der Waals surface area contributed by atoms with Crippen LogP contribution < -0.4 is 15.2 Å². The van der Waals surface area contributed by atoms with Gasteiger partial charge in [0.25, 0.3) is 0 Å². The van der Waals surface area contributed by atoms with Gasteiger partial charge in [-0.2, -0.15) is 0 Å². The zero-order valence-corrected chi connectivity index (χ0v) is 16.0. The molecule has 0 amide bonds. The smallest absolute Gasteiger partial charge is 0.311 e. The first-order valence-corrected chi connectivity index (χ1v) is 13.1. The maximum Gasteiger partial charge on any atom is 0.311 e. The highest BCUT2D eigenvalue weighted by Gasteiger charge is 2.46. The van der Waals surface area contributed by atoms with Crippen LogP contribution in [0.4, 0.5) is 0 Å². The highest BCUT2D eigenvalue weighted by Crippen LogP contribution is 2.16. The van der Waals surface area contributed by atoms with Crippen molar-refractivity contribution in [1.29, 1.82) is 0 Å². The predicted octanol–water partition coefficient (Wildman–Crippen LogP) is 2.21. The van der Waals surface area contributed by atoms with E-state index in [4.69, 9.17) is 0 Å². The van der Waals surface area contributed by atoms with E-state index in [2.05, 4.69) is 84.9 Å². The molecule has 0 aliphatic heterocycles. The molecule has 0 aromatic heterocycles. The van der Waals surface area contributed by atoms with Crippen LogP contribution in [0.3, 0.4) is 0 Å². The first kappa shape index (κ1) is 17.6. The van der Waals surface area contributed by atoms with Crippen molar-refractivity contribution in [2.75, 3.05) is 19.6 Å². The molecule has 1 rings (SSSR count). The van der Waals surface area contributed by atoms with E-state index in [-0.39, 0.29) is 0 Å². The normalized spacial score (nSPS) is 12.9. The molecule has 20 heavy (non-hydrogen) atoms. The molecule has 1 aromatic carbocycles. The number of hydrogen-bond donors (Lipinski definition) is 2. The lowest BCUT2D eigenvalue weighted by Crippen LogP contribution is -2.83. The van der Waals surface area contributed by atoms with Gasteiger partial charge in [-0.1, -0.05) is 70.7 Å². The van der Waals surface area contributed by atoms with Crippen molar-refractivity contribution in [3.05, 3.63) is 30.3 Å². The first-order chi connectivity index (χ1) is 9.42. The summed E-state index contributed by atoms with van der Waals surface area (Å²) in [6.07, 6.45) is 0. The van der Waals surface area contributed by atoms with Crippen molar-refractivity contribution < 1.29 is 0 Å². The van der Waals surface area contributed by atoms with Crippen LogP contribution in [-0.2, 0) is 0 Å². The fourth-order valence-electron chi connectivity index (χ4n) is 3.02. The first-order valence-electron chi connectivity index (χ1n) is 7.75. The van der Waals surface area contributed by atoms with Gasteiger partial charge in [-0.25, -0.2) is 0 Å². The number of rotatable bonds is 8. The van der Waals surface area contributed by atoms with Crippen molar-refractivity contribution in [2.24, 2.45) is 0 Å². The zero-order chi connectivity index (χ0) is 15.2. The van der Waals surface area contributed by atoms with Gasteiger partial charge in [0, 0.05) is 0 Å². The predicted molar refractivity (Wildman–Crippen MR) is 94.9 cm³/mol. The lowest BCUT2D eigenvalue weighted by molar-refractivity contribution is 0.596. The minimum absolute atomic E-state index is 0.995. The van der Waals surface area contributed by atoms with Crippen molar-refractivity contribution in [3.8, 4) is 0 Å². The van der Waals surface area contributed by atoms with Gasteiger partial charge in [0.05, 0.1) is 0 Å². The molecular formula is C15H31N3Si2. The van der Waals surface area contributed by atoms with Crippen LogP contribution in [0.1, 0.15) is 20.8 Å². The van der Waals surface area contributed by atoms with E-state index in [1.807, 2.05) is 0 Å². The van der Waals surface area contributed by atoms with Gasteiger partial charge < -0.3 is 14.2 Å². The molecule has 5 heteroatoms. The molecule has 114 valence electrons. The Morgan fingerprint density at radius 3 is 1.75 bits per heavy atom. The Morgan fingerprint density at radius 1 is 0.900 bits per heavy atom. The molecular weight excluding hydrogens is 278 g/mol. The molecule has 0 bridgehead atoms. The molecule has 1 aromatic rings. The van der Waals surface area contributed by atoms with Crippen LogP contribution >= 0.6 is 0 Å². The van der Waals surface area contributed by atoms with Gasteiger partial charge in [0.1, 0.15) is 8.24 Å². The van der Waals surface area contributed by atoms with E-state index in [9.17, 15) is 0 Å². The quantitative estimate of drug-likeness (QED) is 0.721. The van der Waals surface area contributed by atoms with Gasteiger partial charge in [0.15, 0.2) is 0 Å². The molecule has 0 atom stereocenters. The summed E-state index contributed by atoms with van der Waals surface area (Å²) >= 11 is 0.